The molecule has 2 N–H and O–H groups in total. The van der Waals surface area contributed by atoms with E-state index in [1.807, 2.05) is 0 Å². The number of aliphatic imine (C=N–C) groups is 1. The van der Waals surface area contributed by atoms with E-state index in [1.165, 1.54) is 12.8 Å². The SMILES string of the molecule is CC1CCCN(C(N)=NCc2nnc(C(C)(C)C)s2)C1. The van der Waals surface area contributed by atoms with Gasteiger partial charge < -0.3 is 10.6 Å². The van der Waals surface area contributed by atoms with Crippen LogP contribution in [0.5, 0.6) is 0 Å². The van der Waals surface area contributed by atoms with E-state index in [0.717, 1.165) is 23.1 Å². The van der Waals surface area contributed by atoms with Crippen molar-refractivity contribution in [2.45, 2.75) is 52.5 Å². The molecule has 0 amide bonds. The van der Waals surface area contributed by atoms with Crippen molar-refractivity contribution in [3.8, 4) is 0 Å². The van der Waals surface area contributed by atoms with Crippen molar-refractivity contribution in [2.24, 2.45) is 16.6 Å². The van der Waals surface area contributed by atoms with E-state index in [2.05, 4.69) is 47.8 Å². The highest BCUT2D eigenvalue weighted by molar-refractivity contribution is 7.11. The Morgan fingerprint density at radius 1 is 1.45 bits per heavy atom. The molecule has 0 saturated carbocycles. The zero-order valence-electron chi connectivity index (χ0n) is 12.9. The van der Waals surface area contributed by atoms with E-state index < -0.39 is 0 Å². The maximum absolute atomic E-state index is 6.08. The Morgan fingerprint density at radius 2 is 2.20 bits per heavy atom. The molecule has 0 spiro atoms. The minimum atomic E-state index is 0.0491. The van der Waals surface area contributed by atoms with Crippen molar-refractivity contribution < 1.29 is 0 Å². The van der Waals surface area contributed by atoms with Crippen LogP contribution in [-0.2, 0) is 12.0 Å². The normalized spacial score (nSPS) is 21.3. The van der Waals surface area contributed by atoms with Gasteiger partial charge in [-0.3, -0.25) is 0 Å². The van der Waals surface area contributed by atoms with Crippen molar-refractivity contribution in [3.05, 3.63) is 10.0 Å². The zero-order valence-corrected chi connectivity index (χ0v) is 13.7. The molecule has 0 aliphatic carbocycles. The van der Waals surface area contributed by atoms with Crippen LogP contribution in [0.25, 0.3) is 0 Å². The second-order valence-corrected chi connectivity index (χ2v) is 7.68. The summed E-state index contributed by atoms with van der Waals surface area (Å²) in [5.41, 5.74) is 6.13. The standard InChI is InChI=1S/C14H25N5S/c1-10-6-5-7-19(9-10)13(15)16-8-11-17-18-12(20-11)14(2,3)4/h10H,5-9H2,1-4H3,(H2,15,16). The van der Waals surface area contributed by atoms with Crippen LogP contribution < -0.4 is 5.73 Å². The number of hydrogen-bond donors (Lipinski definition) is 1. The second-order valence-electron chi connectivity index (χ2n) is 6.62. The van der Waals surface area contributed by atoms with Gasteiger partial charge >= 0.3 is 0 Å². The molecule has 0 bridgehead atoms. The number of nitrogens with zero attached hydrogens (tertiary/aromatic N) is 4. The summed E-state index contributed by atoms with van der Waals surface area (Å²) in [5, 5.41) is 10.4. The molecular formula is C14H25N5S. The van der Waals surface area contributed by atoms with Crippen molar-refractivity contribution in [2.75, 3.05) is 13.1 Å². The molecule has 1 aromatic heterocycles. The highest BCUT2D eigenvalue weighted by atomic mass is 32.1. The van der Waals surface area contributed by atoms with Crippen molar-refractivity contribution >= 4 is 17.3 Å². The summed E-state index contributed by atoms with van der Waals surface area (Å²) in [6.45, 7) is 11.3. The van der Waals surface area contributed by atoms with Crippen LogP contribution in [0.15, 0.2) is 4.99 Å². The van der Waals surface area contributed by atoms with E-state index in [1.54, 1.807) is 11.3 Å². The number of hydrogen-bond acceptors (Lipinski definition) is 4. The molecule has 1 saturated heterocycles. The maximum atomic E-state index is 6.08. The molecular weight excluding hydrogens is 270 g/mol. The molecule has 20 heavy (non-hydrogen) atoms. The van der Waals surface area contributed by atoms with Gasteiger partial charge in [-0.25, -0.2) is 4.99 Å². The van der Waals surface area contributed by atoms with Crippen LogP contribution in [0.3, 0.4) is 0 Å². The molecule has 1 aliphatic rings. The van der Waals surface area contributed by atoms with Gasteiger partial charge in [-0.15, -0.1) is 10.2 Å². The monoisotopic (exact) mass is 295 g/mol. The molecule has 1 aromatic rings. The van der Waals surface area contributed by atoms with Gasteiger partial charge in [0.05, 0.1) is 6.54 Å². The number of aromatic nitrogens is 2. The van der Waals surface area contributed by atoms with Crippen LogP contribution in [0.1, 0.15) is 50.6 Å². The molecule has 1 fully saturated rings. The van der Waals surface area contributed by atoms with Gasteiger partial charge in [0, 0.05) is 18.5 Å². The molecule has 5 nitrogen and oxygen atoms in total. The minimum Gasteiger partial charge on any atom is -0.370 e. The number of nitrogens with two attached hydrogens (primary N) is 1. The fourth-order valence-corrected chi connectivity index (χ4v) is 3.09. The number of piperidine rings is 1. The van der Waals surface area contributed by atoms with E-state index in [0.29, 0.717) is 18.4 Å². The first-order chi connectivity index (χ1) is 9.36. The Hall–Kier alpha value is -1.17. The van der Waals surface area contributed by atoms with Gasteiger partial charge in [0.15, 0.2) is 5.96 Å². The largest absolute Gasteiger partial charge is 0.370 e. The van der Waals surface area contributed by atoms with Crippen molar-refractivity contribution in [3.63, 3.8) is 0 Å². The minimum absolute atomic E-state index is 0.0491. The van der Waals surface area contributed by atoms with Gasteiger partial charge in [-0.1, -0.05) is 39.0 Å². The van der Waals surface area contributed by atoms with Crippen molar-refractivity contribution in [1.29, 1.82) is 0 Å². The lowest BCUT2D eigenvalue weighted by Gasteiger charge is -2.31. The predicted octanol–water partition coefficient (Wildman–Crippen LogP) is 2.38. The summed E-state index contributed by atoms with van der Waals surface area (Å²) >= 11 is 1.63. The van der Waals surface area contributed by atoms with Crippen LogP contribution in [0.2, 0.25) is 0 Å². The Morgan fingerprint density at radius 3 is 2.80 bits per heavy atom. The lowest BCUT2D eigenvalue weighted by Crippen LogP contribution is -2.43. The molecule has 1 atom stereocenters. The smallest absolute Gasteiger partial charge is 0.191 e. The Bertz CT molecular complexity index is 474. The van der Waals surface area contributed by atoms with Gasteiger partial charge in [0.25, 0.3) is 0 Å². The average Bonchev–Trinajstić information content (AvgIpc) is 2.84. The first-order valence-corrected chi connectivity index (χ1v) is 8.05. The number of likely N-dealkylation sites (tertiary alicyclic amines) is 1. The third-order valence-electron chi connectivity index (χ3n) is 3.47. The van der Waals surface area contributed by atoms with E-state index in [-0.39, 0.29) is 5.41 Å². The maximum Gasteiger partial charge on any atom is 0.191 e. The van der Waals surface area contributed by atoms with Crippen LogP contribution in [-0.4, -0.2) is 34.1 Å². The summed E-state index contributed by atoms with van der Waals surface area (Å²) in [5.74, 6) is 1.34. The molecule has 112 valence electrons. The first-order valence-electron chi connectivity index (χ1n) is 7.24. The molecule has 2 rings (SSSR count). The first kappa shape index (κ1) is 15.2. The third kappa shape index (κ3) is 3.91. The topological polar surface area (TPSA) is 67.4 Å². The molecule has 0 aromatic carbocycles. The second kappa shape index (κ2) is 6.08. The Kier molecular flexibility index (Phi) is 4.62. The van der Waals surface area contributed by atoms with Crippen LogP contribution in [0.4, 0.5) is 0 Å². The van der Waals surface area contributed by atoms with Gasteiger partial charge in [-0.2, -0.15) is 0 Å². The molecule has 6 heteroatoms. The van der Waals surface area contributed by atoms with Gasteiger partial charge in [0.1, 0.15) is 10.0 Å². The highest BCUT2D eigenvalue weighted by Gasteiger charge is 2.20. The summed E-state index contributed by atoms with van der Waals surface area (Å²) in [6, 6.07) is 0. The van der Waals surface area contributed by atoms with Crippen LogP contribution >= 0.6 is 11.3 Å². The van der Waals surface area contributed by atoms with E-state index >= 15 is 0 Å². The summed E-state index contributed by atoms with van der Waals surface area (Å²) in [4.78, 5) is 6.66. The number of rotatable bonds is 2. The predicted molar refractivity (Wildman–Crippen MR) is 83.9 cm³/mol. The fourth-order valence-electron chi connectivity index (χ4n) is 2.27. The lowest BCUT2D eigenvalue weighted by atomic mass is 9.98. The summed E-state index contributed by atoms with van der Waals surface area (Å²) in [6.07, 6.45) is 2.49. The fraction of sp³-hybridized carbons (Fsp3) is 0.786. The molecule has 1 aliphatic heterocycles. The van der Waals surface area contributed by atoms with Gasteiger partial charge in [0.2, 0.25) is 0 Å². The highest BCUT2D eigenvalue weighted by Crippen LogP contribution is 2.25. The number of guanidine groups is 1. The third-order valence-corrected chi connectivity index (χ3v) is 4.80. The lowest BCUT2D eigenvalue weighted by molar-refractivity contribution is 0.270. The Labute approximate surface area is 125 Å². The average molecular weight is 295 g/mol. The quantitative estimate of drug-likeness (QED) is 0.672. The molecule has 2 heterocycles. The van der Waals surface area contributed by atoms with Gasteiger partial charge in [-0.05, 0) is 18.8 Å². The Balaban J connectivity index is 1.96. The van der Waals surface area contributed by atoms with Crippen molar-refractivity contribution in [1.82, 2.24) is 15.1 Å². The van der Waals surface area contributed by atoms with Crippen LogP contribution in [0, 0.1) is 5.92 Å². The molecule has 1 unspecified atom stereocenters. The zero-order chi connectivity index (χ0) is 14.8. The van der Waals surface area contributed by atoms with E-state index in [4.69, 9.17) is 5.73 Å². The summed E-state index contributed by atoms with van der Waals surface area (Å²) < 4.78 is 0. The van der Waals surface area contributed by atoms with E-state index in [9.17, 15) is 0 Å². The summed E-state index contributed by atoms with van der Waals surface area (Å²) in [7, 11) is 0. The molecule has 0 radical (unpaired) electrons.